The maximum absolute atomic E-state index is 10.7. The third-order valence-electron chi connectivity index (χ3n) is 4.17. The summed E-state index contributed by atoms with van der Waals surface area (Å²) in [6.45, 7) is 0. The predicted octanol–water partition coefficient (Wildman–Crippen LogP) is 2.18. The first kappa shape index (κ1) is 10.9. The van der Waals surface area contributed by atoms with Crippen LogP contribution >= 0.6 is 0 Å². The van der Waals surface area contributed by atoms with Gasteiger partial charge in [0.05, 0.1) is 12.0 Å². The summed E-state index contributed by atoms with van der Waals surface area (Å²) in [4.78, 5) is 10.7. The summed E-state index contributed by atoms with van der Waals surface area (Å²) in [6.07, 6.45) is 7.39. The highest BCUT2D eigenvalue weighted by Gasteiger charge is 2.41. The average Bonchev–Trinajstić information content (AvgIpc) is 2.15. The van der Waals surface area contributed by atoms with Crippen molar-refractivity contribution < 1.29 is 15.0 Å². The number of hydrogen-bond acceptors (Lipinski definition) is 2. The zero-order valence-corrected chi connectivity index (χ0v) is 9.11. The molecule has 2 saturated carbocycles. The maximum Gasteiger partial charge on any atom is 0.306 e. The Balaban J connectivity index is 1.97. The fourth-order valence-corrected chi connectivity index (χ4v) is 3.42. The van der Waals surface area contributed by atoms with Crippen LogP contribution in [0.5, 0.6) is 0 Å². The smallest absolute Gasteiger partial charge is 0.306 e. The van der Waals surface area contributed by atoms with E-state index >= 15 is 0 Å². The van der Waals surface area contributed by atoms with Gasteiger partial charge in [-0.15, -0.1) is 0 Å². The number of aliphatic hydroxyl groups is 1. The minimum Gasteiger partial charge on any atom is -0.481 e. The average molecular weight is 212 g/mol. The Morgan fingerprint density at radius 1 is 1.20 bits per heavy atom. The number of carbonyl (C=O) groups is 1. The summed E-state index contributed by atoms with van der Waals surface area (Å²) in [5, 5.41) is 19.0. The van der Waals surface area contributed by atoms with Gasteiger partial charge in [0.1, 0.15) is 0 Å². The number of carboxylic acids is 1. The van der Waals surface area contributed by atoms with E-state index in [9.17, 15) is 9.90 Å². The van der Waals surface area contributed by atoms with Crippen molar-refractivity contribution >= 4 is 5.97 Å². The second kappa shape index (κ2) is 4.12. The van der Waals surface area contributed by atoms with E-state index in [4.69, 9.17) is 5.11 Å². The minimum atomic E-state index is -0.912. The standard InChI is InChI=1S/C12H20O3/c13-11(14)8-12(15)6-5-9-3-1-2-4-10(9)7-12/h9-10,15H,1-8H2,(H,13,14). The van der Waals surface area contributed by atoms with Gasteiger partial charge < -0.3 is 10.2 Å². The van der Waals surface area contributed by atoms with Crippen LogP contribution in [0, 0.1) is 11.8 Å². The zero-order chi connectivity index (χ0) is 10.9. The molecule has 2 fully saturated rings. The molecule has 3 unspecified atom stereocenters. The van der Waals surface area contributed by atoms with Gasteiger partial charge in [-0.05, 0) is 31.1 Å². The van der Waals surface area contributed by atoms with Crippen molar-refractivity contribution in [1.82, 2.24) is 0 Å². The molecule has 0 radical (unpaired) electrons. The number of fused-ring (bicyclic) bond motifs is 1. The SMILES string of the molecule is O=C(O)CC1(O)CCC2CCCCC2C1. The van der Waals surface area contributed by atoms with Gasteiger partial charge in [0, 0.05) is 0 Å². The van der Waals surface area contributed by atoms with Crippen LogP contribution in [0.1, 0.15) is 51.4 Å². The molecule has 2 aliphatic rings. The molecule has 15 heavy (non-hydrogen) atoms. The van der Waals surface area contributed by atoms with Gasteiger partial charge in [0.15, 0.2) is 0 Å². The van der Waals surface area contributed by atoms with E-state index in [1.807, 2.05) is 0 Å². The fraction of sp³-hybridized carbons (Fsp3) is 0.917. The van der Waals surface area contributed by atoms with Crippen LogP contribution < -0.4 is 0 Å². The zero-order valence-electron chi connectivity index (χ0n) is 9.11. The van der Waals surface area contributed by atoms with Crippen LogP contribution in [0.3, 0.4) is 0 Å². The molecule has 0 saturated heterocycles. The largest absolute Gasteiger partial charge is 0.481 e. The third-order valence-corrected chi connectivity index (χ3v) is 4.17. The molecule has 2 N–H and O–H groups in total. The molecule has 3 atom stereocenters. The van der Waals surface area contributed by atoms with E-state index < -0.39 is 11.6 Å². The topological polar surface area (TPSA) is 57.5 Å². The molecule has 0 bridgehead atoms. The van der Waals surface area contributed by atoms with E-state index in [-0.39, 0.29) is 6.42 Å². The summed E-state index contributed by atoms with van der Waals surface area (Å²) in [7, 11) is 0. The van der Waals surface area contributed by atoms with Gasteiger partial charge >= 0.3 is 5.97 Å². The molecular formula is C12H20O3. The third kappa shape index (κ3) is 2.51. The summed E-state index contributed by atoms with van der Waals surface area (Å²) < 4.78 is 0. The van der Waals surface area contributed by atoms with Crippen LogP contribution in [0.4, 0.5) is 0 Å². The number of rotatable bonds is 2. The lowest BCUT2D eigenvalue weighted by Crippen LogP contribution is -2.41. The summed E-state index contributed by atoms with van der Waals surface area (Å²) in [5.41, 5.74) is -0.912. The highest BCUT2D eigenvalue weighted by Crippen LogP contribution is 2.45. The first-order chi connectivity index (χ1) is 7.09. The van der Waals surface area contributed by atoms with Gasteiger partial charge in [-0.1, -0.05) is 25.7 Å². The summed E-state index contributed by atoms with van der Waals surface area (Å²) >= 11 is 0. The molecule has 2 rings (SSSR count). The Bertz CT molecular complexity index is 251. The van der Waals surface area contributed by atoms with Gasteiger partial charge in [0.25, 0.3) is 0 Å². The second-order valence-corrected chi connectivity index (χ2v) is 5.34. The van der Waals surface area contributed by atoms with Crippen LogP contribution in [-0.2, 0) is 4.79 Å². The van der Waals surface area contributed by atoms with Gasteiger partial charge in [0.2, 0.25) is 0 Å². The quantitative estimate of drug-likeness (QED) is 0.737. The van der Waals surface area contributed by atoms with E-state index in [2.05, 4.69) is 0 Å². The molecule has 0 aromatic carbocycles. The lowest BCUT2D eigenvalue weighted by atomic mass is 9.65. The molecule has 0 aliphatic heterocycles. The van der Waals surface area contributed by atoms with Crippen LogP contribution in [0.2, 0.25) is 0 Å². The Hall–Kier alpha value is -0.570. The molecule has 0 aromatic rings. The molecule has 86 valence electrons. The Kier molecular flexibility index (Phi) is 3.01. The number of aliphatic carboxylic acids is 1. The maximum atomic E-state index is 10.7. The molecular weight excluding hydrogens is 192 g/mol. The van der Waals surface area contributed by atoms with Gasteiger partial charge in [-0.25, -0.2) is 0 Å². The Labute approximate surface area is 90.5 Å². The highest BCUT2D eigenvalue weighted by atomic mass is 16.4. The lowest BCUT2D eigenvalue weighted by molar-refractivity contribution is -0.145. The Morgan fingerprint density at radius 3 is 2.53 bits per heavy atom. The van der Waals surface area contributed by atoms with Crippen molar-refractivity contribution in [2.75, 3.05) is 0 Å². The fourth-order valence-electron chi connectivity index (χ4n) is 3.42. The van der Waals surface area contributed by atoms with E-state index in [0.717, 1.165) is 12.3 Å². The molecule has 0 amide bonds. The molecule has 0 aromatic heterocycles. The van der Waals surface area contributed by atoms with Crippen molar-refractivity contribution in [3.05, 3.63) is 0 Å². The van der Waals surface area contributed by atoms with Gasteiger partial charge in [-0.2, -0.15) is 0 Å². The van der Waals surface area contributed by atoms with Crippen molar-refractivity contribution in [2.45, 2.75) is 57.0 Å². The summed E-state index contributed by atoms with van der Waals surface area (Å²) in [6, 6.07) is 0. The minimum absolute atomic E-state index is 0.0732. The lowest BCUT2D eigenvalue weighted by Gasteiger charge is -2.43. The molecule has 3 nitrogen and oxygen atoms in total. The molecule has 3 heteroatoms. The predicted molar refractivity (Wildman–Crippen MR) is 56.5 cm³/mol. The van der Waals surface area contributed by atoms with Crippen molar-refractivity contribution in [1.29, 1.82) is 0 Å². The van der Waals surface area contributed by atoms with Crippen molar-refractivity contribution in [2.24, 2.45) is 11.8 Å². The number of hydrogen-bond donors (Lipinski definition) is 2. The monoisotopic (exact) mass is 212 g/mol. The van der Waals surface area contributed by atoms with Crippen LogP contribution in [-0.4, -0.2) is 21.8 Å². The molecule has 2 aliphatic carbocycles. The van der Waals surface area contributed by atoms with E-state index in [1.54, 1.807) is 0 Å². The van der Waals surface area contributed by atoms with Gasteiger partial charge in [-0.3, -0.25) is 4.79 Å². The first-order valence-corrected chi connectivity index (χ1v) is 6.03. The normalized spacial score (nSPS) is 40.9. The van der Waals surface area contributed by atoms with E-state index in [0.29, 0.717) is 18.8 Å². The highest BCUT2D eigenvalue weighted by molar-refractivity contribution is 5.68. The van der Waals surface area contributed by atoms with Crippen molar-refractivity contribution in [3.63, 3.8) is 0 Å². The van der Waals surface area contributed by atoms with Crippen LogP contribution in [0.25, 0.3) is 0 Å². The first-order valence-electron chi connectivity index (χ1n) is 6.03. The number of carboxylic acid groups (broad SMARTS) is 1. The Morgan fingerprint density at radius 2 is 1.87 bits per heavy atom. The molecule has 0 heterocycles. The van der Waals surface area contributed by atoms with E-state index in [1.165, 1.54) is 25.7 Å². The summed E-state index contributed by atoms with van der Waals surface area (Å²) in [5.74, 6) is 0.469. The second-order valence-electron chi connectivity index (χ2n) is 5.34. The molecule has 0 spiro atoms. The van der Waals surface area contributed by atoms with Crippen molar-refractivity contribution in [3.8, 4) is 0 Å². The van der Waals surface area contributed by atoms with Crippen LogP contribution in [0.15, 0.2) is 0 Å².